The molecular formula is C20H18ClNO6S. The molecule has 3 rings (SSSR count). The fourth-order valence-electron chi connectivity index (χ4n) is 2.48. The van der Waals surface area contributed by atoms with Gasteiger partial charge in [0.2, 0.25) is 5.90 Å². The number of benzene rings is 1. The van der Waals surface area contributed by atoms with Gasteiger partial charge in [-0.1, -0.05) is 17.7 Å². The smallest absolute Gasteiger partial charge is 0.363 e. The molecule has 0 fully saturated rings. The predicted molar refractivity (Wildman–Crippen MR) is 110 cm³/mol. The molecule has 0 N–H and O–H groups in total. The predicted octanol–water partition coefficient (Wildman–Crippen LogP) is 4.09. The summed E-state index contributed by atoms with van der Waals surface area (Å²) in [5, 5.41) is 2.09. The molecule has 1 aromatic heterocycles. The minimum Gasteiger partial charge on any atom is -0.490 e. The largest absolute Gasteiger partial charge is 0.490 e. The van der Waals surface area contributed by atoms with E-state index in [9.17, 15) is 9.59 Å². The second-order valence-corrected chi connectivity index (χ2v) is 7.02. The number of hydrogen-bond acceptors (Lipinski definition) is 8. The second-order valence-electron chi connectivity index (χ2n) is 5.67. The first-order valence-corrected chi connectivity index (χ1v) is 10.1. The van der Waals surface area contributed by atoms with Gasteiger partial charge in [-0.15, -0.1) is 11.3 Å². The molecule has 1 aliphatic rings. The Labute approximate surface area is 176 Å². The molecule has 152 valence electrons. The number of carbonyl (C=O) groups excluding carboxylic acids is 2. The Morgan fingerprint density at radius 2 is 2.10 bits per heavy atom. The standard InChI is InChI=1S/C20H18ClNO6S/c1-3-25-15-10-12(8-13(21)18(15)27-11-17(23)26-4-2)9-14-20(24)28-19(22-14)16-6-5-7-29-16/h5-10H,3-4,11H2,1-2H3/b14-9+. The van der Waals surface area contributed by atoms with Crippen molar-refractivity contribution in [3.63, 3.8) is 0 Å². The Bertz CT molecular complexity index is 968. The van der Waals surface area contributed by atoms with Crippen LogP contribution in [-0.2, 0) is 19.1 Å². The molecular weight excluding hydrogens is 418 g/mol. The van der Waals surface area contributed by atoms with Crippen molar-refractivity contribution in [2.24, 2.45) is 4.99 Å². The number of hydrogen-bond donors (Lipinski definition) is 0. The number of aliphatic imine (C=N–C) groups is 1. The van der Waals surface area contributed by atoms with Crippen molar-refractivity contribution >= 4 is 46.9 Å². The number of cyclic esters (lactones) is 1. The van der Waals surface area contributed by atoms with E-state index in [-0.39, 0.29) is 35.6 Å². The molecule has 1 aliphatic heterocycles. The molecule has 0 atom stereocenters. The van der Waals surface area contributed by atoms with Gasteiger partial charge in [0, 0.05) is 0 Å². The maximum Gasteiger partial charge on any atom is 0.363 e. The monoisotopic (exact) mass is 435 g/mol. The van der Waals surface area contributed by atoms with E-state index in [0.717, 1.165) is 4.88 Å². The maximum atomic E-state index is 12.1. The van der Waals surface area contributed by atoms with Crippen LogP contribution in [0.3, 0.4) is 0 Å². The number of rotatable bonds is 8. The van der Waals surface area contributed by atoms with Crippen LogP contribution in [0.5, 0.6) is 11.5 Å². The highest BCUT2D eigenvalue weighted by atomic mass is 35.5. The van der Waals surface area contributed by atoms with Crippen LogP contribution in [-0.4, -0.2) is 37.7 Å². The third-order valence-electron chi connectivity index (χ3n) is 3.63. The fourth-order valence-corrected chi connectivity index (χ4v) is 3.40. The molecule has 7 nitrogen and oxygen atoms in total. The number of halogens is 1. The van der Waals surface area contributed by atoms with E-state index in [1.165, 1.54) is 11.3 Å². The minimum absolute atomic E-state index is 0.145. The van der Waals surface area contributed by atoms with Crippen LogP contribution in [0.15, 0.2) is 40.3 Å². The van der Waals surface area contributed by atoms with Crippen molar-refractivity contribution in [3.05, 3.63) is 50.8 Å². The molecule has 9 heteroatoms. The van der Waals surface area contributed by atoms with Gasteiger partial charge in [0.1, 0.15) is 0 Å². The lowest BCUT2D eigenvalue weighted by Gasteiger charge is -2.14. The zero-order chi connectivity index (χ0) is 20.8. The second kappa shape index (κ2) is 9.58. The van der Waals surface area contributed by atoms with Crippen molar-refractivity contribution in [1.82, 2.24) is 0 Å². The van der Waals surface area contributed by atoms with Crippen LogP contribution >= 0.6 is 22.9 Å². The molecule has 0 saturated heterocycles. The molecule has 0 bridgehead atoms. The number of nitrogens with zero attached hydrogens (tertiary/aromatic N) is 1. The lowest BCUT2D eigenvalue weighted by molar-refractivity contribution is -0.145. The van der Waals surface area contributed by atoms with Gasteiger partial charge in [-0.25, -0.2) is 14.6 Å². The van der Waals surface area contributed by atoms with Crippen LogP contribution in [0.1, 0.15) is 24.3 Å². The van der Waals surface area contributed by atoms with Crippen molar-refractivity contribution in [3.8, 4) is 11.5 Å². The molecule has 0 amide bonds. The lowest BCUT2D eigenvalue weighted by Crippen LogP contribution is -2.15. The van der Waals surface area contributed by atoms with E-state index in [2.05, 4.69) is 4.99 Å². The van der Waals surface area contributed by atoms with Crippen LogP contribution in [0, 0.1) is 0 Å². The van der Waals surface area contributed by atoms with E-state index in [0.29, 0.717) is 17.9 Å². The summed E-state index contributed by atoms with van der Waals surface area (Å²) in [5.41, 5.74) is 0.720. The fraction of sp³-hybridized carbons (Fsp3) is 0.250. The van der Waals surface area contributed by atoms with Gasteiger partial charge in [-0.2, -0.15) is 0 Å². The highest BCUT2D eigenvalue weighted by Crippen LogP contribution is 2.37. The van der Waals surface area contributed by atoms with Crippen molar-refractivity contribution in [2.45, 2.75) is 13.8 Å². The van der Waals surface area contributed by atoms with E-state index in [1.807, 2.05) is 17.5 Å². The van der Waals surface area contributed by atoms with Crippen LogP contribution in [0.4, 0.5) is 0 Å². The Morgan fingerprint density at radius 3 is 2.79 bits per heavy atom. The summed E-state index contributed by atoms with van der Waals surface area (Å²) in [6, 6.07) is 6.90. The van der Waals surface area contributed by atoms with Gasteiger partial charge < -0.3 is 18.9 Å². The van der Waals surface area contributed by atoms with Gasteiger partial charge in [-0.05, 0) is 49.1 Å². The van der Waals surface area contributed by atoms with Crippen molar-refractivity contribution < 1.29 is 28.5 Å². The third kappa shape index (κ3) is 5.16. The van der Waals surface area contributed by atoms with Crippen molar-refractivity contribution in [2.75, 3.05) is 19.8 Å². The molecule has 2 aromatic rings. The molecule has 0 spiro atoms. The summed E-state index contributed by atoms with van der Waals surface area (Å²) in [5.74, 6) is -0.237. The Morgan fingerprint density at radius 1 is 1.28 bits per heavy atom. The molecule has 0 saturated carbocycles. The Balaban J connectivity index is 1.87. The van der Waals surface area contributed by atoms with Crippen molar-refractivity contribution in [1.29, 1.82) is 0 Å². The summed E-state index contributed by atoms with van der Waals surface area (Å²) in [6.45, 7) is 3.83. The van der Waals surface area contributed by atoms with Gasteiger partial charge >= 0.3 is 11.9 Å². The van der Waals surface area contributed by atoms with Gasteiger partial charge in [0.05, 0.1) is 23.1 Å². The summed E-state index contributed by atoms with van der Waals surface area (Å²) < 4.78 is 21.1. The SMILES string of the molecule is CCOC(=O)COc1c(Cl)cc(/C=C2/N=C(c3cccs3)OC2=O)cc1OCC. The first kappa shape index (κ1) is 20.9. The topological polar surface area (TPSA) is 83.4 Å². The van der Waals surface area contributed by atoms with E-state index >= 15 is 0 Å². The summed E-state index contributed by atoms with van der Waals surface area (Å²) >= 11 is 7.75. The van der Waals surface area contributed by atoms with E-state index in [4.69, 9.17) is 30.5 Å². The van der Waals surface area contributed by atoms with Crippen LogP contribution < -0.4 is 9.47 Å². The number of carbonyl (C=O) groups is 2. The molecule has 0 unspecified atom stereocenters. The zero-order valence-corrected chi connectivity index (χ0v) is 17.3. The summed E-state index contributed by atoms with van der Waals surface area (Å²) in [6.07, 6.45) is 1.55. The van der Waals surface area contributed by atoms with Gasteiger partial charge in [0.25, 0.3) is 0 Å². The first-order valence-electron chi connectivity index (χ1n) is 8.83. The number of thiophene rings is 1. The Hall–Kier alpha value is -2.84. The molecule has 0 radical (unpaired) electrons. The average Bonchev–Trinajstić information content (AvgIpc) is 3.32. The minimum atomic E-state index is -0.551. The third-order valence-corrected chi connectivity index (χ3v) is 4.77. The number of esters is 2. The number of ether oxygens (including phenoxy) is 4. The molecule has 2 heterocycles. The zero-order valence-electron chi connectivity index (χ0n) is 15.8. The average molecular weight is 436 g/mol. The highest BCUT2D eigenvalue weighted by molar-refractivity contribution is 7.12. The lowest BCUT2D eigenvalue weighted by atomic mass is 10.1. The van der Waals surface area contributed by atoms with Gasteiger partial charge in [-0.3, -0.25) is 0 Å². The van der Waals surface area contributed by atoms with Gasteiger partial charge in [0.15, 0.2) is 23.8 Å². The Kier molecular flexibility index (Phi) is 6.90. The highest BCUT2D eigenvalue weighted by Gasteiger charge is 2.25. The molecule has 1 aromatic carbocycles. The van der Waals surface area contributed by atoms with Crippen LogP contribution in [0.2, 0.25) is 5.02 Å². The summed E-state index contributed by atoms with van der Waals surface area (Å²) in [4.78, 5) is 28.7. The maximum absolute atomic E-state index is 12.1. The molecule has 0 aliphatic carbocycles. The summed E-state index contributed by atoms with van der Waals surface area (Å²) in [7, 11) is 0. The quantitative estimate of drug-likeness (QED) is 0.458. The van der Waals surface area contributed by atoms with E-state index < -0.39 is 11.9 Å². The normalized spacial score (nSPS) is 14.5. The van der Waals surface area contributed by atoms with Crippen LogP contribution in [0.25, 0.3) is 6.08 Å². The first-order chi connectivity index (χ1) is 14.0. The van der Waals surface area contributed by atoms with E-state index in [1.54, 1.807) is 32.1 Å². The molecule has 29 heavy (non-hydrogen) atoms.